The van der Waals surface area contributed by atoms with Crippen LogP contribution in [0, 0.1) is 6.92 Å². The van der Waals surface area contributed by atoms with Gasteiger partial charge in [0, 0.05) is 18.3 Å². The highest BCUT2D eigenvalue weighted by Crippen LogP contribution is 2.12. The Balaban J connectivity index is 1.54. The third-order valence-corrected chi connectivity index (χ3v) is 4.48. The minimum Gasteiger partial charge on any atom is -0.497 e. The molecular formula is C23H23N3O5. The zero-order valence-electron chi connectivity index (χ0n) is 17.5. The van der Waals surface area contributed by atoms with E-state index in [1.807, 2.05) is 13.0 Å². The second-order valence-corrected chi connectivity index (χ2v) is 6.96. The molecule has 160 valence electrons. The van der Waals surface area contributed by atoms with Crippen molar-refractivity contribution in [1.29, 1.82) is 0 Å². The predicted molar refractivity (Wildman–Crippen MR) is 116 cm³/mol. The smallest absolute Gasteiger partial charge is 0.328 e. The summed E-state index contributed by atoms with van der Waals surface area (Å²) < 4.78 is 11.7. The minimum atomic E-state index is -0.864. The summed E-state index contributed by atoms with van der Waals surface area (Å²) in [4.78, 5) is 40.8. The van der Waals surface area contributed by atoms with Gasteiger partial charge in [0.25, 0.3) is 5.56 Å². The van der Waals surface area contributed by atoms with Gasteiger partial charge in [0.05, 0.1) is 12.8 Å². The topological polar surface area (TPSA) is 99.0 Å². The third kappa shape index (κ3) is 5.79. The molecule has 31 heavy (non-hydrogen) atoms. The first kappa shape index (κ1) is 21.8. The fourth-order valence-corrected chi connectivity index (χ4v) is 2.81. The summed E-state index contributed by atoms with van der Waals surface area (Å²) in [6.07, 6.45) is 4.65. The number of benzene rings is 1. The minimum absolute atomic E-state index is 0.166. The third-order valence-electron chi connectivity index (χ3n) is 4.48. The van der Waals surface area contributed by atoms with Crippen LogP contribution in [-0.4, -0.2) is 34.4 Å². The van der Waals surface area contributed by atoms with Gasteiger partial charge in [-0.25, -0.2) is 9.78 Å². The zero-order valence-corrected chi connectivity index (χ0v) is 17.5. The van der Waals surface area contributed by atoms with E-state index in [-0.39, 0.29) is 12.2 Å². The molecular weight excluding hydrogens is 398 g/mol. The first-order valence-corrected chi connectivity index (χ1v) is 9.64. The second kappa shape index (κ2) is 9.71. The van der Waals surface area contributed by atoms with Crippen LogP contribution in [0.25, 0.3) is 11.7 Å². The number of esters is 1. The van der Waals surface area contributed by atoms with Crippen LogP contribution in [0.15, 0.2) is 59.5 Å². The number of amides is 1. The SMILES string of the molecule is COc1ccc(/C=C/C(=O)N[C@@H](C)C(=O)OCc2cc(=O)n3cc(C)ccc3n2)cc1. The standard InChI is InChI=1S/C23H23N3O5/c1-15-4-10-20-25-18(12-22(28)26(20)13-15)14-31-23(29)16(2)24-21(27)11-7-17-5-8-19(30-3)9-6-17/h4-13,16H,14H2,1-3H3,(H,24,27)/b11-7+/t16-/m0/s1. The fourth-order valence-electron chi connectivity index (χ4n) is 2.81. The number of aryl methyl sites for hydroxylation is 1. The quantitative estimate of drug-likeness (QED) is 0.464. The van der Waals surface area contributed by atoms with Crippen molar-refractivity contribution in [3.63, 3.8) is 0 Å². The van der Waals surface area contributed by atoms with E-state index < -0.39 is 17.9 Å². The molecule has 8 nitrogen and oxygen atoms in total. The van der Waals surface area contributed by atoms with Crippen LogP contribution in [0.5, 0.6) is 5.75 Å². The van der Waals surface area contributed by atoms with Crippen LogP contribution in [0.3, 0.4) is 0 Å². The van der Waals surface area contributed by atoms with Crippen molar-refractivity contribution in [3.8, 4) is 5.75 Å². The molecule has 0 bridgehead atoms. The average Bonchev–Trinajstić information content (AvgIpc) is 2.76. The Hall–Kier alpha value is -3.94. The molecule has 0 saturated carbocycles. The number of fused-ring (bicyclic) bond motifs is 1. The summed E-state index contributed by atoms with van der Waals surface area (Å²) >= 11 is 0. The lowest BCUT2D eigenvalue weighted by Crippen LogP contribution is -2.38. The van der Waals surface area contributed by atoms with E-state index in [0.29, 0.717) is 11.3 Å². The molecule has 3 rings (SSSR count). The number of pyridine rings is 1. The van der Waals surface area contributed by atoms with Crippen molar-refractivity contribution in [2.75, 3.05) is 7.11 Å². The molecule has 2 aromatic heterocycles. The van der Waals surface area contributed by atoms with Crippen LogP contribution < -0.4 is 15.6 Å². The summed E-state index contributed by atoms with van der Waals surface area (Å²) in [6, 6.07) is 11.2. The molecule has 1 aromatic carbocycles. The number of aromatic nitrogens is 2. The Kier molecular flexibility index (Phi) is 6.81. The van der Waals surface area contributed by atoms with Crippen molar-refractivity contribution in [3.05, 3.63) is 81.9 Å². The monoisotopic (exact) mass is 421 g/mol. The van der Waals surface area contributed by atoms with Crippen LogP contribution in [0.1, 0.15) is 23.7 Å². The van der Waals surface area contributed by atoms with Crippen molar-refractivity contribution >= 4 is 23.6 Å². The van der Waals surface area contributed by atoms with E-state index in [9.17, 15) is 14.4 Å². The Morgan fingerprint density at radius 3 is 2.65 bits per heavy atom. The average molecular weight is 421 g/mol. The molecule has 2 heterocycles. The largest absolute Gasteiger partial charge is 0.497 e. The zero-order chi connectivity index (χ0) is 22.4. The molecule has 1 amide bonds. The number of hydrogen-bond donors (Lipinski definition) is 1. The first-order valence-electron chi connectivity index (χ1n) is 9.64. The Morgan fingerprint density at radius 2 is 1.94 bits per heavy atom. The van der Waals surface area contributed by atoms with Gasteiger partial charge < -0.3 is 14.8 Å². The molecule has 3 aromatic rings. The van der Waals surface area contributed by atoms with Crippen molar-refractivity contribution in [2.24, 2.45) is 0 Å². The maximum atomic E-state index is 12.2. The molecule has 0 fully saturated rings. The van der Waals surface area contributed by atoms with E-state index in [1.165, 1.54) is 23.5 Å². The van der Waals surface area contributed by atoms with Crippen LogP contribution in [0.2, 0.25) is 0 Å². The van der Waals surface area contributed by atoms with Gasteiger partial charge >= 0.3 is 5.97 Å². The van der Waals surface area contributed by atoms with Gasteiger partial charge in [-0.05, 0) is 49.2 Å². The molecule has 0 aliphatic carbocycles. The molecule has 0 radical (unpaired) electrons. The summed E-state index contributed by atoms with van der Waals surface area (Å²) in [5.74, 6) is -0.341. The van der Waals surface area contributed by atoms with Gasteiger partial charge in [0.2, 0.25) is 5.91 Å². The highest BCUT2D eigenvalue weighted by atomic mass is 16.5. The van der Waals surface area contributed by atoms with E-state index in [0.717, 1.165) is 16.9 Å². The molecule has 8 heteroatoms. The van der Waals surface area contributed by atoms with Gasteiger partial charge in [0.15, 0.2) is 0 Å². The predicted octanol–water partition coefficient (Wildman–Crippen LogP) is 2.27. The van der Waals surface area contributed by atoms with Crippen LogP contribution in [-0.2, 0) is 20.9 Å². The van der Waals surface area contributed by atoms with Gasteiger partial charge in [-0.15, -0.1) is 0 Å². The summed E-state index contributed by atoms with van der Waals surface area (Å²) in [7, 11) is 1.58. The number of rotatable bonds is 7. The molecule has 0 spiro atoms. The summed E-state index contributed by atoms with van der Waals surface area (Å²) in [6.45, 7) is 3.23. The number of methoxy groups -OCH3 is 1. The van der Waals surface area contributed by atoms with Gasteiger partial charge in [-0.1, -0.05) is 18.2 Å². The maximum absolute atomic E-state index is 12.2. The number of hydrogen-bond acceptors (Lipinski definition) is 6. The lowest BCUT2D eigenvalue weighted by atomic mass is 10.2. The number of carbonyl (C=O) groups excluding carboxylic acids is 2. The number of nitrogens with zero attached hydrogens (tertiary/aromatic N) is 2. The van der Waals surface area contributed by atoms with E-state index in [2.05, 4.69) is 10.3 Å². The van der Waals surface area contributed by atoms with E-state index in [4.69, 9.17) is 9.47 Å². The summed E-state index contributed by atoms with van der Waals surface area (Å²) in [5.41, 5.74) is 2.29. The maximum Gasteiger partial charge on any atom is 0.328 e. The first-order chi connectivity index (χ1) is 14.9. The van der Waals surface area contributed by atoms with Gasteiger partial charge in [-0.3, -0.25) is 14.0 Å². The molecule has 1 atom stereocenters. The highest BCUT2D eigenvalue weighted by Gasteiger charge is 2.16. The van der Waals surface area contributed by atoms with Gasteiger partial charge in [0.1, 0.15) is 24.0 Å². The van der Waals surface area contributed by atoms with Crippen molar-refractivity contribution in [1.82, 2.24) is 14.7 Å². The molecule has 0 aliphatic rings. The highest BCUT2D eigenvalue weighted by molar-refractivity contribution is 5.94. The molecule has 0 aliphatic heterocycles. The Bertz CT molecular complexity index is 1180. The molecule has 0 saturated heterocycles. The Morgan fingerprint density at radius 1 is 1.19 bits per heavy atom. The van der Waals surface area contributed by atoms with E-state index >= 15 is 0 Å². The Labute approximate surface area is 179 Å². The van der Waals surface area contributed by atoms with E-state index in [1.54, 1.807) is 49.7 Å². The van der Waals surface area contributed by atoms with Crippen LogP contribution >= 0.6 is 0 Å². The number of carbonyl (C=O) groups is 2. The molecule has 0 unspecified atom stereocenters. The fraction of sp³-hybridized carbons (Fsp3) is 0.217. The van der Waals surface area contributed by atoms with Crippen molar-refractivity contribution < 1.29 is 19.1 Å². The second-order valence-electron chi connectivity index (χ2n) is 6.96. The lowest BCUT2D eigenvalue weighted by Gasteiger charge is -2.12. The van der Waals surface area contributed by atoms with Gasteiger partial charge in [-0.2, -0.15) is 0 Å². The normalized spacial score (nSPS) is 12.0. The number of ether oxygens (including phenoxy) is 2. The van der Waals surface area contributed by atoms with Crippen molar-refractivity contribution in [2.45, 2.75) is 26.5 Å². The molecule has 1 N–H and O–H groups in total. The summed E-state index contributed by atoms with van der Waals surface area (Å²) in [5, 5.41) is 2.54. The number of nitrogens with one attached hydrogen (secondary N) is 1. The van der Waals surface area contributed by atoms with Crippen LogP contribution in [0.4, 0.5) is 0 Å². The lowest BCUT2D eigenvalue weighted by molar-refractivity contribution is -0.148.